The molecular formula is C16H16N5O2. The minimum absolute atomic E-state index is 0. The molecule has 2 aliphatic rings. The molecule has 0 fully saturated rings. The van der Waals surface area contributed by atoms with Crippen LogP contribution in [0.15, 0.2) is 59.2 Å². The van der Waals surface area contributed by atoms with E-state index in [1.54, 1.807) is 11.2 Å². The highest BCUT2D eigenvalue weighted by atomic mass is 16.3. The maximum Gasteiger partial charge on any atom is 0.237 e. The highest BCUT2D eigenvalue weighted by molar-refractivity contribution is 6.07. The average Bonchev–Trinajstić information content (AvgIpc) is 2.87. The van der Waals surface area contributed by atoms with E-state index < -0.39 is 0 Å². The van der Waals surface area contributed by atoms with Crippen LogP contribution in [-0.2, 0) is 0 Å². The van der Waals surface area contributed by atoms with E-state index in [4.69, 9.17) is 0 Å². The molecule has 0 unspecified atom stereocenters. The number of aromatic nitrogens is 1. The molecule has 3 N–H and O–H groups in total. The molecule has 0 bridgehead atoms. The van der Waals surface area contributed by atoms with Gasteiger partial charge in [0.15, 0.2) is 0 Å². The van der Waals surface area contributed by atoms with E-state index >= 15 is 0 Å². The molecule has 4 rings (SSSR count). The van der Waals surface area contributed by atoms with E-state index in [1.807, 2.05) is 50.2 Å². The number of aliphatic hydroxyl groups excluding tert-OH is 1. The summed E-state index contributed by atoms with van der Waals surface area (Å²) in [6.45, 7) is 3.78. The molecule has 117 valence electrons. The van der Waals surface area contributed by atoms with Gasteiger partial charge < -0.3 is 10.6 Å². The monoisotopic (exact) mass is 310 g/mol. The van der Waals surface area contributed by atoms with Gasteiger partial charge in [0.1, 0.15) is 5.70 Å². The van der Waals surface area contributed by atoms with E-state index in [2.05, 4.69) is 15.5 Å². The van der Waals surface area contributed by atoms with Crippen LogP contribution in [0.2, 0.25) is 0 Å². The van der Waals surface area contributed by atoms with E-state index in [0.29, 0.717) is 11.4 Å². The Morgan fingerprint density at radius 3 is 2.52 bits per heavy atom. The van der Waals surface area contributed by atoms with Crippen molar-refractivity contribution in [3.8, 4) is 0 Å². The van der Waals surface area contributed by atoms with Crippen molar-refractivity contribution in [3.05, 3.63) is 59.9 Å². The van der Waals surface area contributed by atoms with E-state index in [9.17, 15) is 5.11 Å². The molecule has 0 spiro atoms. The first-order valence-electron chi connectivity index (χ1n) is 6.97. The molecule has 0 saturated carbocycles. The quantitative estimate of drug-likeness (QED) is 0.872. The summed E-state index contributed by atoms with van der Waals surface area (Å²) in [5, 5.41) is 13.8. The summed E-state index contributed by atoms with van der Waals surface area (Å²) in [5.74, 6) is 0.0569. The molecule has 2 aromatic rings. The van der Waals surface area contributed by atoms with Gasteiger partial charge >= 0.3 is 0 Å². The van der Waals surface area contributed by atoms with Crippen LogP contribution in [0.3, 0.4) is 0 Å². The van der Waals surface area contributed by atoms with Crippen LogP contribution < -0.4 is 15.6 Å². The largest absolute Gasteiger partial charge is 0.492 e. The van der Waals surface area contributed by atoms with Crippen LogP contribution in [0, 0.1) is 6.92 Å². The van der Waals surface area contributed by atoms with Crippen molar-refractivity contribution < 1.29 is 10.6 Å². The number of hydrogen-bond acceptors (Lipinski definition) is 5. The zero-order valence-corrected chi connectivity index (χ0v) is 12.7. The Bertz CT molecular complexity index is 813. The number of allylic oxidation sites excluding steroid dienone is 1. The lowest BCUT2D eigenvalue weighted by Crippen LogP contribution is -2.36. The van der Waals surface area contributed by atoms with Crippen molar-refractivity contribution in [1.82, 2.24) is 10.5 Å². The smallest absolute Gasteiger partial charge is 0.237 e. The third-order valence-corrected chi connectivity index (χ3v) is 3.68. The molecule has 3 heterocycles. The van der Waals surface area contributed by atoms with Gasteiger partial charge in [-0.1, -0.05) is 12.1 Å². The Balaban J connectivity index is 0.00000156. The third-order valence-electron chi connectivity index (χ3n) is 3.68. The number of benzene rings is 1. The van der Waals surface area contributed by atoms with E-state index in [0.717, 1.165) is 22.8 Å². The van der Waals surface area contributed by atoms with Gasteiger partial charge in [-0.05, 0) is 43.6 Å². The zero-order valence-electron chi connectivity index (χ0n) is 12.7. The standard InChI is InChI=1S/C16H14N5O.H2O/c1-10-7-8-12(9-17-10)20-16(22)15-11(2)18-13-5-3-4-6-14(13)21(15)19-20;/h3-9,22H,1-2H3;1H2. The second kappa shape index (κ2) is 5.38. The lowest BCUT2D eigenvalue weighted by atomic mass is 10.1. The van der Waals surface area contributed by atoms with E-state index in [1.165, 1.54) is 5.01 Å². The first kappa shape index (κ1) is 15.0. The van der Waals surface area contributed by atoms with Crippen molar-refractivity contribution in [2.24, 2.45) is 4.99 Å². The fourth-order valence-electron chi connectivity index (χ4n) is 2.59. The number of aliphatic imine (C=N–C) groups is 1. The maximum atomic E-state index is 10.6. The van der Waals surface area contributed by atoms with Crippen LogP contribution in [-0.4, -0.2) is 21.3 Å². The summed E-state index contributed by atoms with van der Waals surface area (Å²) < 4.78 is 0. The second-order valence-electron chi connectivity index (χ2n) is 5.23. The van der Waals surface area contributed by atoms with Crippen molar-refractivity contribution in [3.63, 3.8) is 0 Å². The fourth-order valence-corrected chi connectivity index (χ4v) is 2.59. The second-order valence-corrected chi connectivity index (χ2v) is 5.23. The normalized spacial score (nSPS) is 15.8. The van der Waals surface area contributed by atoms with Crippen LogP contribution in [0.1, 0.15) is 12.6 Å². The van der Waals surface area contributed by atoms with Crippen molar-refractivity contribution >= 4 is 22.8 Å². The Morgan fingerprint density at radius 2 is 1.78 bits per heavy atom. The minimum atomic E-state index is 0. The predicted octanol–water partition coefficient (Wildman–Crippen LogP) is 2.16. The van der Waals surface area contributed by atoms with Gasteiger partial charge in [-0.25, -0.2) is 15.0 Å². The van der Waals surface area contributed by atoms with Gasteiger partial charge in [0.05, 0.1) is 29.0 Å². The van der Waals surface area contributed by atoms with Gasteiger partial charge in [-0.15, -0.1) is 0 Å². The van der Waals surface area contributed by atoms with E-state index in [-0.39, 0.29) is 11.4 Å². The number of para-hydroxylation sites is 2. The Hall–Kier alpha value is -2.90. The molecule has 7 heteroatoms. The van der Waals surface area contributed by atoms with Crippen LogP contribution in [0.5, 0.6) is 0 Å². The molecule has 7 nitrogen and oxygen atoms in total. The number of nitrogens with zero attached hydrogens (tertiary/aromatic N) is 5. The number of aliphatic hydroxyl groups is 1. The van der Waals surface area contributed by atoms with Gasteiger partial charge in [0, 0.05) is 5.69 Å². The minimum Gasteiger partial charge on any atom is -0.492 e. The molecule has 0 amide bonds. The lowest BCUT2D eigenvalue weighted by Gasteiger charge is -2.25. The zero-order chi connectivity index (χ0) is 15.3. The molecule has 1 aromatic carbocycles. The molecule has 1 radical (unpaired) electrons. The van der Waals surface area contributed by atoms with Crippen molar-refractivity contribution in [2.75, 3.05) is 10.0 Å². The number of aryl methyl sites for hydroxylation is 1. The molecule has 23 heavy (non-hydrogen) atoms. The molecule has 1 aromatic heterocycles. The lowest BCUT2D eigenvalue weighted by molar-refractivity contribution is 0.387. The summed E-state index contributed by atoms with van der Waals surface area (Å²) in [6.07, 6.45) is 1.69. The van der Waals surface area contributed by atoms with Gasteiger partial charge in [0.25, 0.3) is 0 Å². The number of anilines is 2. The molecule has 0 atom stereocenters. The van der Waals surface area contributed by atoms with Gasteiger partial charge in [-0.3, -0.25) is 4.98 Å². The first-order valence-corrected chi connectivity index (χ1v) is 6.97. The number of fused-ring (bicyclic) bond motifs is 3. The third kappa shape index (κ3) is 2.23. The Kier molecular flexibility index (Phi) is 3.51. The highest BCUT2D eigenvalue weighted by Crippen LogP contribution is 2.39. The molecule has 0 saturated heterocycles. The number of pyridine rings is 1. The SMILES string of the molecule is CC1=Nc2ccccc2N2[N]N(c3ccc(C)nc3)C(O)=C12.O. The average molecular weight is 310 g/mol. The number of hydrogen-bond donors (Lipinski definition) is 1. The van der Waals surface area contributed by atoms with Gasteiger partial charge in [-0.2, -0.15) is 0 Å². The van der Waals surface area contributed by atoms with Gasteiger partial charge in [0.2, 0.25) is 5.88 Å². The predicted molar refractivity (Wildman–Crippen MR) is 88.5 cm³/mol. The van der Waals surface area contributed by atoms with Crippen LogP contribution in [0.4, 0.5) is 17.1 Å². The van der Waals surface area contributed by atoms with Crippen molar-refractivity contribution in [1.29, 1.82) is 0 Å². The first-order chi connectivity index (χ1) is 10.6. The fraction of sp³-hybridized carbons (Fsp3) is 0.125. The topological polar surface area (TPSA) is 97.6 Å². The maximum absolute atomic E-state index is 10.6. The Morgan fingerprint density at radius 1 is 1.00 bits per heavy atom. The Labute approximate surface area is 133 Å². The van der Waals surface area contributed by atoms with Crippen LogP contribution in [0.25, 0.3) is 0 Å². The highest BCUT2D eigenvalue weighted by Gasteiger charge is 2.37. The summed E-state index contributed by atoms with van der Waals surface area (Å²) in [4.78, 5) is 8.79. The summed E-state index contributed by atoms with van der Waals surface area (Å²) in [5.41, 5.74) is 9.12. The molecule has 0 aliphatic carbocycles. The van der Waals surface area contributed by atoms with Crippen molar-refractivity contribution in [2.45, 2.75) is 13.8 Å². The summed E-state index contributed by atoms with van der Waals surface area (Å²) in [7, 11) is 0. The number of rotatable bonds is 1. The summed E-state index contributed by atoms with van der Waals surface area (Å²) >= 11 is 0. The summed E-state index contributed by atoms with van der Waals surface area (Å²) in [6, 6.07) is 11.5. The molecular weight excluding hydrogens is 294 g/mol. The molecule has 2 aliphatic heterocycles. The van der Waals surface area contributed by atoms with Crippen LogP contribution >= 0.6 is 0 Å².